The monoisotopic (exact) mass is 755 g/mol. The van der Waals surface area contributed by atoms with Gasteiger partial charge >= 0.3 is 0 Å². The lowest BCUT2D eigenvalue weighted by Gasteiger charge is -2.41. The standard InChI is InChI=1S/C44H70N2O8/c1-8-37(48)36(7)46-43(52)34(5)27-21-13-11-9-10-12-20-26-33(4)42(54-44-41(51)40(50)39(49)38(30-47)53-44)35(6)29-32(3)25-19-16-18-24-31(2)23-17-14-15-22-28-45/h9-14,17-18,20-21,24,26-27,29,31-33,38-42,44,47-51H,8,15-16,19,22-23,25,28,30,45H2,1-7H3,(H,46,52)/b11-9+,12-10+,17-14+,21-13+,24-18+,26-20+,34-27+,35-29+,37-36-. The summed E-state index contributed by atoms with van der Waals surface area (Å²) in [6.07, 6.45) is 27.0. The number of rotatable bonds is 24. The maximum atomic E-state index is 12.3. The molecular formula is C44H70N2O8. The molecule has 8 N–H and O–H groups in total. The molecule has 0 spiro atoms. The molecule has 1 heterocycles. The largest absolute Gasteiger partial charge is 0.511 e. The van der Waals surface area contributed by atoms with Crippen molar-refractivity contribution in [3.8, 4) is 0 Å². The third-order valence-electron chi connectivity index (χ3n) is 9.20. The number of unbranched alkanes of at least 4 members (excludes halogenated alkanes) is 2. The Morgan fingerprint density at radius 2 is 1.50 bits per heavy atom. The van der Waals surface area contributed by atoms with Crippen molar-refractivity contribution in [1.82, 2.24) is 5.32 Å². The Balaban J connectivity index is 2.92. The van der Waals surface area contributed by atoms with Crippen LogP contribution < -0.4 is 11.1 Å². The minimum absolute atomic E-state index is 0.150. The topological polar surface area (TPSA) is 175 Å². The highest BCUT2D eigenvalue weighted by molar-refractivity contribution is 5.94. The number of carbonyl (C=O) groups excluding carboxylic acids is 1. The maximum Gasteiger partial charge on any atom is 0.251 e. The first-order chi connectivity index (χ1) is 25.8. The van der Waals surface area contributed by atoms with Gasteiger partial charge in [-0.15, -0.1) is 0 Å². The normalized spacial score (nSPS) is 24.7. The number of ether oxygens (including phenoxy) is 2. The number of carbonyl (C=O) groups is 1. The number of nitrogens with two attached hydrogens (primary N) is 1. The number of amides is 1. The van der Waals surface area contributed by atoms with Crippen LogP contribution in [0.4, 0.5) is 0 Å². The van der Waals surface area contributed by atoms with Crippen LogP contribution >= 0.6 is 0 Å². The minimum Gasteiger partial charge on any atom is -0.511 e. The Kier molecular flexibility index (Phi) is 25.3. The fourth-order valence-electron chi connectivity index (χ4n) is 5.77. The van der Waals surface area contributed by atoms with Crippen LogP contribution in [0.15, 0.2) is 108 Å². The lowest BCUT2D eigenvalue weighted by atomic mass is 9.92. The molecule has 1 aliphatic rings. The zero-order chi connectivity index (χ0) is 40.5. The third-order valence-corrected chi connectivity index (χ3v) is 9.20. The van der Waals surface area contributed by atoms with Gasteiger partial charge in [0, 0.05) is 17.9 Å². The zero-order valence-electron chi connectivity index (χ0n) is 33.7. The highest BCUT2D eigenvalue weighted by Gasteiger charge is 2.45. The Hall–Kier alpha value is -3.35. The quantitative estimate of drug-likeness (QED) is 0.0181. The molecule has 1 amide bonds. The van der Waals surface area contributed by atoms with Crippen molar-refractivity contribution in [1.29, 1.82) is 0 Å². The van der Waals surface area contributed by atoms with Crippen LogP contribution in [0.5, 0.6) is 0 Å². The second kappa shape index (κ2) is 28.1. The molecule has 0 saturated carbocycles. The van der Waals surface area contributed by atoms with Gasteiger partial charge in [0.25, 0.3) is 5.91 Å². The van der Waals surface area contributed by atoms with E-state index in [0.29, 0.717) is 23.6 Å². The van der Waals surface area contributed by atoms with Crippen LogP contribution in [0, 0.1) is 17.8 Å². The summed E-state index contributed by atoms with van der Waals surface area (Å²) in [6, 6.07) is 0. The summed E-state index contributed by atoms with van der Waals surface area (Å²) >= 11 is 0. The SMILES string of the molecule is CC/C(O)=C(\C)NC(=O)/C(C)=C/C=C/C=C/C=C/C=C/C(C)C(OC1OC(CO)C(O)C(O)C1O)/C(C)=C/C(C)CCC/C=C/C(C)C/C=C/CCCN. The minimum atomic E-state index is -1.53. The van der Waals surface area contributed by atoms with E-state index in [4.69, 9.17) is 15.2 Å². The summed E-state index contributed by atoms with van der Waals surface area (Å²) in [6.45, 7) is 13.7. The Morgan fingerprint density at radius 1 is 0.852 bits per heavy atom. The molecule has 0 aromatic rings. The van der Waals surface area contributed by atoms with Gasteiger partial charge < -0.3 is 46.1 Å². The van der Waals surface area contributed by atoms with Crippen LogP contribution in [0.3, 0.4) is 0 Å². The molecule has 0 aromatic carbocycles. The van der Waals surface area contributed by atoms with Crippen LogP contribution in [-0.2, 0) is 14.3 Å². The highest BCUT2D eigenvalue weighted by Crippen LogP contribution is 2.28. The van der Waals surface area contributed by atoms with Gasteiger partial charge in [-0.25, -0.2) is 0 Å². The van der Waals surface area contributed by atoms with E-state index < -0.39 is 43.4 Å². The average molecular weight is 755 g/mol. The average Bonchev–Trinajstić information content (AvgIpc) is 3.14. The fraction of sp³-hybridized carbons (Fsp3) is 0.568. The second-order valence-electron chi connectivity index (χ2n) is 14.2. The van der Waals surface area contributed by atoms with Gasteiger partial charge in [0.2, 0.25) is 0 Å². The number of hydrogen-bond donors (Lipinski definition) is 7. The number of hydrogen-bond acceptors (Lipinski definition) is 9. The van der Waals surface area contributed by atoms with E-state index in [1.807, 2.05) is 57.2 Å². The highest BCUT2D eigenvalue weighted by atomic mass is 16.7. The first-order valence-electron chi connectivity index (χ1n) is 19.5. The Bertz CT molecular complexity index is 1360. The van der Waals surface area contributed by atoms with E-state index in [1.54, 1.807) is 32.1 Å². The molecule has 54 heavy (non-hydrogen) atoms. The number of nitrogens with one attached hydrogen (secondary N) is 1. The van der Waals surface area contributed by atoms with E-state index in [2.05, 4.69) is 49.5 Å². The molecular weight excluding hydrogens is 684 g/mol. The van der Waals surface area contributed by atoms with Gasteiger partial charge in [-0.2, -0.15) is 0 Å². The summed E-state index contributed by atoms with van der Waals surface area (Å²) in [4.78, 5) is 12.3. The zero-order valence-corrected chi connectivity index (χ0v) is 33.7. The summed E-state index contributed by atoms with van der Waals surface area (Å²) in [5, 5.41) is 53.5. The first-order valence-corrected chi connectivity index (χ1v) is 19.5. The summed E-state index contributed by atoms with van der Waals surface area (Å²) in [5.74, 6) is 0.461. The summed E-state index contributed by atoms with van der Waals surface area (Å²) < 4.78 is 12.0. The molecule has 10 heteroatoms. The van der Waals surface area contributed by atoms with E-state index in [9.17, 15) is 30.3 Å². The summed E-state index contributed by atoms with van der Waals surface area (Å²) in [7, 11) is 0. The van der Waals surface area contributed by atoms with E-state index in [-0.39, 0.29) is 23.5 Å². The first kappa shape index (κ1) is 48.7. The molecule has 304 valence electrons. The van der Waals surface area contributed by atoms with Crippen molar-refractivity contribution in [2.24, 2.45) is 23.5 Å². The lowest BCUT2D eigenvalue weighted by Crippen LogP contribution is -2.60. The lowest BCUT2D eigenvalue weighted by molar-refractivity contribution is -0.310. The van der Waals surface area contributed by atoms with Crippen LogP contribution in [0.1, 0.15) is 93.4 Å². The van der Waals surface area contributed by atoms with E-state index in [1.165, 1.54) is 0 Å². The molecule has 10 nitrogen and oxygen atoms in total. The van der Waals surface area contributed by atoms with Crippen molar-refractivity contribution in [2.45, 2.75) is 130 Å². The fourth-order valence-corrected chi connectivity index (χ4v) is 5.77. The van der Waals surface area contributed by atoms with Crippen molar-refractivity contribution in [2.75, 3.05) is 13.2 Å². The van der Waals surface area contributed by atoms with Crippen LogP contribution in [0.2, 0.25) is 0 Å². The molecule has 1 aliphatic heterocycles. The molecule has 1 saturated heterocycles. The third kappa shape index (κ3) is 19.3. The Morgan fingerprint density at radius 3 is 2.15 bits per heavy atom. The van der Waals surface area contributed by atoms with Gasteiger partial charge in [0.05, 0.1) is 18.4 Å². The van der Waals surface area contributed by atoms with E-state index >= 15 is 0 Å². The molecule has 0 bridgehead atoms. The number of aliphatic hydroxyl groups excluding tert-OH is 5. The molecule has 0 radical (unpaired) electrons. The predicted octanol–water partition coefficient (Wildman–Crippen LogP) is 6.92. The molecule has 1 rings (SSSR count). The van der Waals surface area contributed by atoms with Gasteiger partial charge in [0.15, 0.2) is 6.29 Å². The predicted molar refractivity (Wildman–Crippen MR) is 219 cm³/mol. The molecule has 0 aromatic heterocycles. The molecule has 9 atom stereocenters. The number of allylic oxidation sites excluding steroid dienone is 15. The number of aliphatic hydroxyl groups is 5. The van der Waals surface area contributed by atoms with Crippen molar-refractivity contribution >= 4 is 5.91 Å². The van der Waals surface area contributed by atoms with Gasteiger partial charge in [-0.3, -0.25) is 4.79 Å². The van der Waals surface area contributed by atoms with Crippen molar-refractivity contribution in [3.63, 3.8) is 0 Å². The summed E-state index contributed by atoms with van der Waals surface area (Å²) in [5.41, 5.74) is 7.45. The smallest absolute Gasteiger partial charge is 0.251 e. The molecule has 0 aliphatic carbocycles. The van der Waals surface area contributed by atoms with Crippen molar-refractivity contribution < 1.29 is 39.8 Å². The van der Waals surface area contributed by atoms with Crippen LogP contribution in [-0.4, -0.2) is 81.4 Å². The molecule has 9 unspecified atom stereocenters. The van der Waals surface area contributed by atoms with Crippen molar-refractivity contribution in [3.05, 3.63) is 108 Å². The van der Waals surface area contributed by atoms with Gasteiger partial charge in [-0.05, 0) is 83.2 Å². The molecule has 1 fully saturated rings. The van der Waals surface area contributed by atoms with Gasteiger partial charge in [-0.1, -0.05) is 113 Å². The van der Waals surface area contributed by atoms with E-state index in [0.717, 1.165) is 50.6 Å². The second-order valence-corrected chi connectivity index (χ2v) is 14.2. The van der Waals surface area contributed by atoms with Crippen LogP contribution in [0.25, 0.3) is 0 Å². The Labute approximate surface area is 324 Å². The van der Waals surface area contributed by atoms with Gasteiger partial charge in [0.1, 0.15) is 30.2 Å². The maximum absolute atomic E-state index is 12.3.